The number of aliphatic hydroxyl groups is 1. The van der Waals surface area contributed by atoms with Gasteiger partial charge in [-0.3, -0.25) is 4.79 Å². The molecule has 0 saturated heterocycles. The fourth-order valence-electron chi connectivity index (χ4n) is 3.05. The van der Waals surface area contributed by atoms with Crippen molar-refractivity contribution in [2.75, 3.05) is 11.4 Å². The molecule has 0 amide bonds. The molecule has 0 heterocycles. The number of carbonyl (C=O) groups is 1. The van der Waals surface area contributed by atoms with Crippen LogP contribution in [0.5, 0.6) is 11.5 Å². The maximum absolute atomic E-state index is 13.1. The quantitative estimate of drug-likeness (QED) is 0.473. The Kier molecular flexibility index (Phi) is 6.97. The van der Waals surface area contributed by atoms with Crippen molar-refractivity contribution < 1.29 is 27.8 Å². The molecule has 162 valence electrons. The Hall–Kier alpha value is -3.32. The van der Waals surface area contributed by atoms with E-state index in [0.29, 0.717) is 28.3 Å². The zero-order valence-corrected chi connectivity index (χ0v) is 16.8. The van der Waals surface area contributed by atoms with Crippen molar-refractivity contribution in [3.8, 4) is 11.5 Å². The van der Waals surface area contributed by atoms with Gasteiger partial charge in [-0.25, -0.2) is 0 Å². The number of benzene rings is 3. The van der Waals surface area contributed by atoms with Crippen molar-refractivity contribution >= 4 is 11.5 Å². The third-order valence-electron chi connectivity index (χ3n) is 4.64. The molecule has 0 fully saturated rings. The van der Waals surface area contributed by atoms with E-state index in [0.717, 1.165) is 0 Å². The average Bonchev–Trinajstić information content (AvgIpc) is 2.73. The van der Waals surface area contributed by atoms with Gasteiger partial charge in [-0.1, -0.05) is 42.5 Å². The van der Waals surface area contributed by atoms with E-state index >= 15 is 0 Å². The van der Waals surface area contributed by atoms with Gasteiger partial charge in [-0.2, -0.15) is 13.2 Å². The molecule has 0 aromatic heterocycles. The monoisotopic (exact) mass is 429 g/mol. The molecule has 3 rings (SSSR count). The minimum atomic E-state index is -4.75. The van der Waals surface area contributed by atoms with Crippen molar-refractivity contribution in [3.05, 3.63) is 90.0 Å². The van der Waals surface area contributed by atoms with Crippen LogP contribution in [0.4, 0.5) is 18.9 Å². The van der Waals surface area contributed by atoms with Crippen molar-refractivity contribution in [1.82, 2.24) is 0 Å². The molecule has 31 heavy (non-hydrogen) atoms. The molecule has 0 radical (unpaired) electrons. The van der Waals surface area contributed by atoms with Gasteiger partial charge in [-0.05, 0) is 42.8 Å². The minimum absolute atomic E-state index is 0.0725. The predicted molar refractivity (Wildman–Crippen MR) is 113 cm³/mol. The molecule has 7 heteroatoms. The van der Waals surface area contributed by atoms with E-state index in [2.05, 4.69) is 0 Å². The molecule has 3 aromatic carbocycles. The molecule has 1 atom stereocenters. The van der Waals surface area contributed by atoms with Gasteiger partial charge in [0.25, 0.3) is 0 Å². The molecular weight excluding hydrogens is 407 g/mol. The average molecular weight is 429 g/mol. The third-order valence-corrected chi connectivity index (χ3v) is 4.64. The Morgan fingerprint density at radius 1 is 0.968 bits per heavy atom. The normalized spacial score (nSPS) is 12.3. The van der Waals surface area contributed by atoms with Crippen molar-refractivity contribution in [2.24, 2.45) is 0 Å². The first-order valence-corrected chi connectivity index (χ1v) is 9.65. The summed E-state index contributed by atoms with van der Waals surface area (Å²) in [5.74, 6) is 0.908. The Morgan fingerprint density at radius 3 is 2.32 bits per heavy atom. The first-order valence-electron chi connectivity index (χ1n) is 9.65. The van der Waals surface area contributed by atoms with Gasteiger partial charge in [0.1, 0.15) is 11.5 Å². The number of para-hydroxylation sites is 1. The van der Waals surface area contributed by atoms with Crippen LogP contribution >= 0.6 is 0 Å². The summed E-state index contributed by atoms with van der Waals surface area (Å²) in [6.45, 7) is 0.834. The summed E-state index contributed by atoms with van der Waals surface area (Å²) in [6.07, 6.45) is -7.28. The number of ketones is 1. The zero-order chi connectivity index (χ0) is 22.4. The number of ether oxygens (including phenoxy) is 1. The summed E-state index contributed by atoms with van der Waals surface area (Å²) in [6, 6.07) is 22.3. The van der Waals surface area contributed by atoms with Gasteiger partial charge in [0.2, 0.25) is 0 Å². The molecule has 3 aromatic rings. The molecule has 1 unspecified atom stereocenters. The SMILES string of the molecule is CC(=O)c1cccc(CN(CC(O)C(F)(F)F)c2cccc(Oc3ccccc3)c2)c1. The lowest BCUT2D eigenvalue weighted by atomic mass is 10.1. The molecule has 0 bridgehead atoms. The van der Waals surface area contributed by atoms with Gasteiger partial charge in [0, 0.05) is 23.9 Å². The lowest BCUT2D eigenvalue weighted by Gasteiger charge is -2.29. The van der Waals surface area contributed by atoms with Crippen LogP contribution in [0.3, 0.4) is 0 Å². The second-order valence-electron chi connectivity index (χ2n) is 7.11. The summed E-state index contributed by atoms with van der Waals surface area (Å²) < 4.78 is 45.0. The number of nitrogens with zero attached hydrogens (tertiary/aromatic N) is 1. The van der Waals surface area contributed by atoms with E-state index in [9.17, 15) is 23.1 Å². The molecule has 0 spiro atoms. The number of alkyl halides is 3. The van der Waals surface area contributed by atoms with Crippen molar-refractivity contribution in [2.45, 2.75) is 25.7 Å². The molecule has 0 aliphatic rings. The Balaban J connectivity index is 1.89. The lowest BCUT2D eigenvalue weighted by Crippen LogP contribution is -2.40. The minimum Gasteiger partial charge on any atom is -0.457 e. The maximum atomic E-state index is 13.1. The number of halogens is 3. The number of hydrogen-bond acceptors (Lipinski definition) is 4. The first kappa shape index (κ1) is 22.4. The second-order valence-corrected chi connectivity index (χ2v) is 7.11. The lowest BCUT2D eigenvalue weighted by molar-refractivity contribution is -0.200. The number of rotatable bonds is 8. The van der Waals surface area contributed by atoms with Crippen molar-refractivity contribution in [3.63, 3.8) is 0 Å². The molecule has 0 aliphatic heterocycles. The zero-order valence-electron chi connectivity index (χ0n) is 16.8. The maximum Gasteiger partial charge on any atom is 0.416 e. The van der Waals surface area contributed by atoms with Gasteiger partial charge >= 0.3 is 6.18 Å². The van der Waals surface area contributed by atoms with Crippen LogP contribution < -0.4 is 9.64 Å². The number of hydrogen-bond donors (Lipinski definition) is 1. The number of anilines is 1. The third kappa shape index (κ3) is 6.33. The predicted octanol–water partition coefficient (Wildman–Crippen LogP) is 5.61. The number of Topliss-reactive ketones (excluding diaryl/α,β-unsaturated/α-hetero) is 1. The molecule has 4 nitrogen and oxygen atoms in total. The van der Waals surface area contributed by atoms with Crippen LogP contribution in [0.2, 0.25) is 0 Å². The van der Waals surface area contributed by atoms with Crippen LogP contribution in [0.15, 0.2) is 78.9 Å². The fourth-order valence-corrected chi connectivity index (χ4v) is 3.05. The highest BCUT2D eigenvalue weighted by molar-refractivity contribution is 5.94. The van der Waals surface area contributed by atoms with Crippen LogP contribution in [0.1, 0.15) is 22.8 Å². The van der Waals surface area contributed by atoms with E-state index in [1.807, 2.05) is 18.2 Å². The van der Waals surface area contributed by atoms with E-state index in [4.69, 9.17) is 4.74 Å². The highest BCUT2D eigenvalue weighted by Crippen LogP contribution is 2.29. The van der Waals surface area contributed by atoms with Gasteiger partial charge in [0.15, 0.2) is 11.9 Å². The van der Waals surface area contributed by atoms with Gasteiger partial charge < -0.3 is 14.7 Å². The van der Waals surface area contributed by atoms with Crippen LogP contribution in [-0.4, -0.2) is 29.7 Å². The highest BCUT2D eigenvalue weighted by Gasteiger charge is 2.39. The summed E-state index contributed by atoms with van der Waals surface area (Å²) >= 11 is 0. The topological polar surface area (TPSA) is 49.8 Å². The highest BCUT2D eigenvalue weighted by atomic mass is 19.4. The van der Waals surface area contributed by atoms with Crippen molar-refractivity contribution in [1.29, 1.82) is 0 Å². The Morgan fingerprint density at radius 2 is 1.65 bits per heavy atom. The molecule has 0 aliphatic carbocycles. The first-order chi connectivity index (χ1) is 14.7. The molecule has 1 N–H and O–H groups in total. The molecule has 0 saturated carbocycles. The van der Waals surface area contributed by atoms with E-state index in [-0.39, 0.29) is 12.3 Å². The summed E-state index contributed by atoms with van der Waals surface area (Å²) in [5, 5.41) is 9.69. The smallest absolute Gasteiger partial charge is 0.416 e. The summed E-state index contributed by atoms with van der Waals surface area (Å²) in [5.41, 5.74) is 1.57. The Bertz CT molecular complexity index is 1020. The van der Waals surface area contributed by atoms with E-state index < -0.39 is 18.8 Å². The van der Waals surface area contributed by atoms with E-state index in [1.54, 1.807) is 60.7 Å². The van der Waals surface area contributed by atoms with E-state index in [1.165, 1.54) is 11.8 Å². The van der Waals surface area contributed by atoms with Crippen LogP contribution in [0.25, 0.3) is 0 Å². The summed E-state index contributed by atoms with van der Waals surface area (Å²) in [7, 11) is 0. The fraction of sp³-hybridized carbons (Fsp3) is 0.208. The second kappa shape index (κ2) is 9.66. The van der Waals surface area contributed by atoms with Crippen LogP contribution in [-0.2, 0) is 6.54 Å². The molecular formula is C24H22F3NO3. The van der Waals surface area contributed by atoms with Gasteiger partial charge in [0.05, 0.1) is 6.54 Å². The Labute approximate surface area is 178 Å². The number of carbonyl (C=O) groups excluding carboxylic acids is 1. The standard InChI is InChI=1S/C24H22F3NO3/c1-17(29)19-8-5-7-18(13-19)15-28(16-23(30)24(25,26)27)20-9-6-12-22(14-20)31-21-10-3-2-4-11-21/h2-14,23,30H,15-16H2,1H3. The number of aliphatic hydroxyl groups excluding tert-OH is 1. The van der Waals surface area contributed by atoms with Crippen LogP contribution in [0, 0.1) is 0 Å². The largest absolute Gasteiger partial charge is 0.457 e. The summed E-state index contributed by atoms with van der Waals surface area (Å²) in [4.78, 5) is 13.1. The van der Waals surface area contributed by atoms with Gasteiger partial charge in [-0.15, -0.1) is 0 Å².